The molecule has 2 amide bonds. The number of piperazine rings is 2. The Hall–Kier alpha value is -4.99. The summed E-state index contributed by atoms with van der Waals surface area (Å²) in [6.45, 7) is 20.0. The lowest BCUT2D eigenvalue weighted by Crippen LogP contribution is -2.50. The first-order valence-corrected chi connectivity index (χ1v) is 23.3. The van der Waals surface area contributed by atoms with Crippen molar-refractivity contribution >= 4 is 33.7 Å². The Morgan fingerprint density at radius 3 is 1.42 bits per heavy atom. The third-order valence-electron chi connectivity index (χ3n) is 10.1. The first-order chi connectivity index (χ1) is 31.0. The first-order valence-electron chi connectivity index (χ1n) is 21.9. The lowest BCUT2D eigenvalue weighted by molar-refractivity contribution is -0.0936. The van der Waals surface area contributed by atoms with E-state index in [4.69, 9.17) is 33.0 Å². The average molecular weight is 951 g/mol. The molecule has 0 saturated carbocycles. The third kappa shape index (κ3) is 16.4. The molecule has 0 spiro atoms. The summed E-state index contributed by atoms with van der Waals surface area (Å²) in [5.74, 6) is -0.352. The van der Waals surface area contributed by atoms with Crippen LogP contribution in [0.15, 0.2) is 65.6 Å². The summed E-state index contributed by atoms with van der Waals surface area (Å²) in [6.07, 6.45) is -1.12. The number of carbonyl (C=O) groups excluding carboxylic acids is 2. The third-order valence-corrected chi connectivity index (χ3v) is 11.5. The first kappa shape index (κ1) is 52.0. The summed E-state index contributed by atoms with van der Waals surface area (Å²) in [5.41, 5.74) is 0.956. The lowest BCUT2D eigenvalue weighted by atomic mass is 10.2. The van der Waals surface area contributed by atoms with Crippen LogP contribution < -0.4 is 14.5 Å². The highest BCUT2D eigenvalue weighted by Gasteiger charge is 2.30. The van der Waals surface area contributed by atoms with Crippen LogP contribution in [0.3, 0.4) is 0 Å². The number of carbonyl (C=O) groups is 2. The smallest absolute Gasteiger partial charge is 0.410 e. The van der Waals surface area contributed by atoms with Gasteiger partial charge in [0.15, 0.2) is 0 Å². The fourth-order valence-corrected chi connectivity index (χ4v) is 7.44. The van der Waals surface area contributed by atoms with Gasteiger partial charge in [0.2, 0.25) is 0 Å². The van der Waals surface area contributed by atoms with Crippen LogP contribution >= 0.6 is 0 Å². The van der Waals surface area contributed by atoms with E-state index in [2.05, 4.69) is 4.74 Å². The van der Waals surface area contributed by atoms with E-state index in [-0.39, 0.29) is 47.0 Å². The van der Waals surface area contributed by atoms with Crippen LogP contribution in [-0.4, -0.2) is 162 Å². The quantitative estimate of drug-likeness (QED) is 0.274. The number of nitrogens with zero attached hydrogens (tertiary/aromatic N) is 4. The number of phenols is 1. The topological polar surface area (TPSA) is 186 Å². The Morgan fingerprint density at radius 1 is 0.636 bits per heavy atom. The molecular formula is C46H64F2N4O13S. The number of phenolic OH excluding ortho intramolecular Hbond substituents is 1. The van der Waals surface area contributed by atoms with E-state index < -0.39 is 27.1 Å². The van der Waals surface area contributed by atoms with Crippen molar-refractivity contribution in [2.24, 2.45) is 0 Å². The van der Waals surface area contributed by atoms with Gasteiger partial charge in [-0.2, -0.15) is 8.42 Å². The van der Waals surface area contributed by atoms with Gasteiger partial charge < -0.3 is 58.2 Å². The Bertz CT molecular complexity index is 2140. The number of hydrogen-bond donors (Lipinski definition) is 2. The van der Waals surface area contributed by atoms with Crippen molar-refractivity contribution in [2.45, 2.75) is 82.9 Å². The number of ether oxygens (including phenoxy) is 6. The maximum absolute atomic E-state index is 14.4. The van der Waals surface area contributed by atoms with Crippen LogP contribution in [0.5, 0.6) is 11.5 Å². The fraction of sp³-hybridized carbons (Fsp3) is 0.565. The van der Waals surface area contributed by atoms with Crippen LogP contribution in [0, 0.1) is 18.6 Å². The van der Waals surface area contributed by atoms with Crippen LogP contribution in [0.4, 0.5) is 29.7 Å². The van der Waals surface area contributed by atoms with Gasteiger partial charge in [-0.25, -0.2) is 18.4 Å². The van der Waals surface area contributed by atoms with Gasteiger partial charge in [-0.1, -0.05) is 17.7 Å². The van der Waals surface area contributed by atoms with Crippen molar-refractivity contribution in [3.8, 4) is 11.5 Å². The summed E-state index contributed by atoms with van der Waals surface area (Å²) >= 11 is 0. The Labute approximate surface area is 386 Å². The van der Waals surface area contributed by atoms with Crippen molar-refractivity contribution in [1.29, 1.82) is 0 Å². The molecule has 0 radical (unpaired) electrons. The number of rotatable bonds is 7. The van der Waals surface area contributed by atoms with E-state index in [1.165, 1.54) is 12.1 Å². The second-order valence-electron chi connectivity index (χ2n) is 18.1. The largest absolute Gasteiger partial charge is 0.508 e. The highest BCUT2D eigenvalue weighted by atomic mass is 32.2. The zero-order valence-corrected chi connectivity index (χ0v) is 39.6. The Kier molecular flexibility index (Phi) is 18.2. The second kappa shape index (κ2) is 23.1. The zero-order valence-electron chi connectivity index (χ0n) is 38.7. The van der Waals surface area contributed by atoms with E-state index >= 15 is 0 Å². The molecular weight excluding hydrogens is 887 g/mol. The van der Waals surface area contributed by atoms with Crippen molar-refractivity contribution in [3.05, 3.63) is 77.9 Å². The number of hydrogen-bond acceptors (Lipinski definition) is 15. The molecule has 5 aliphatic rings. The number of aromatic hydroxyl groups is 1. The van der Waals surface area contributed by atoms with Crippen LogP contribution in [0.1, 0.15) is 47.1 Å². The van der Waals surface area contributed by atoms with Crippen molar-refractivity contribution in [1.82, 2.24) is 9.80 Å². The van der Waals surface area contributed by atoms with Crippen molar-refractivity contribution < 1.29 is 69.6 Å². The molecule has 0 unspecified atom stereocenters. The molecule has 0 atom stereocenters. The summed E-state index contributed by atoms with van der Waals surface area (Å²) in [7, 11) is -3.62. The minimum atomic E-state index is -3.62. The molecule has 2 N–H and O–H groups in total. The molecule has 5 aliphatic heterocycles. The highest BCUT2D eigenvalue weighted by Crippen LogP contribution is 2.28. The number of aliphatic hydroxyl groups is 1. The molecule has 5 fully saturated rings. The number of anilines is 2. The van der Waals surface area contributed by atoms with Crippen LogP contribution in [0.25, 0.3) is 0 Å². The normalized spacial score (nSPS) is 18.1. The van der Waals surface area contributed by atoms with E-state index in [0.717, 1.165) is 11.6 Å². The molecule has 5 heterocycles. The Morgan fingerprint density at radius 2 is 1.06 bits per heavy atom. The second-order valence-corrected chi connectivity index (χ2v) is 19.7. The number of aliphatic hydroxyl groups excluding tert-OH is 1. The predicted octanol–water partition coefficient (Wildman–Crippen LogP) is 5.73. The van der Waals surface area contributed by atoms with E-state index in [1.54, 1.807) is 52.3 Å². The predicted molar refractivity (Wildman–Crippen MR) is 241 cm³/mol. The van der Waals surface area contributed by atoms with Gasteiger partial charge in [0.25, 0.3) is 10.1 Å². The maximum Gasteiger partial charge on any atom is 0.410 e. The zero-order chi connectivity index (χ0) is 48.2. The number of benzene rings is 3. The average Bonchev–Trinajstić information content (AvgIpc) is 3.20. The van der Waals surface area contributed by atoms with Gasteiger partial charge in [0, 0.05) is 64.5 Å². The van der Waals surface area contributed by atoms with E-state index in [0.29, 0.717) is 109 Å². The van der Waals surface area contributed by atoms with Gasteiger partial charge in [-0.15, -0.1) is 0 Å². The molecule has 0 bridgehead atoms. The summed E-state index contributed by atoms with van der Waals surface area (Å²) in [5, 5.41) is 17.6. The molecule has 366 valence electrons. The summed E-state index contributed by atoms with van der Waals surface area (Å²) < 4.78 is 87.3. The molecule has 8 rings (SSSR count). The fourth-order valence-electron chi connectivity index (χ4n) is 6.39. The number of aryl methyl sites for hydroxylation is 1. The number of amides is 2. The molecule has 3 aromatic rings. The molecule has 0 aliphatic carbocycles. The van der Waals surface area contributed by atoms with Crippen molar-refractivity contribution in [3.63, 3.8) is 0 Å². The SMILES string of the molecule is CC(C)(C)OC(=O)N1CCN(c2ccc(O)cc2F)CC1.CC(C)(C)OC(=O)N1CCN(c2ccc(OC3COC3)cc2F)CC1.Cc1ccc(S(=O)(=O)OC2COC2)cc1.OC1COC1. The Balaban J connectivity index is 0.000000180. The van der Waals surface area contributed by atoms with E-state index in [9.17, 15) is 31.9 Å². The standard InChI is InChI=1S/C18H25FN2O4.C15H21FN2O3.C10H12O4S.C3H6O2/c1-18(2,3)25-17(22)21-8-6-20(7-9-21)16-5-4-13(10-15(16)19)24-14-11-23-12-14;1-15(2,3)21-14(20)18-8-6-17(7-9-18)13-5-4-11(19)10-12(13)16;1-8-2-4-10(5-3-8)15(11,12)14-9-6-13-7-9;4-3-1-5-2-3/h4-5,10,14H,6-9,11-12H2,1-3H3;4-5,10,19H,6-9H2,1-3H3;2-5,9H,6-7H2,1H3;3-4H,1-2H2. The molecule has 3 aromatic carbocycles. The van der Waals surface area contributed by atoms with E-state index in [1.807, 2.05) is 58.3 Å². The molecule has 17 nitrogen and oxygen atoms in total. The van der Waals surface area contributed by atoms with Gasteiger partial charge in [0.1, 0.15) is 52.6 Å². The van der Waals surface area contributed by atoms with Crippen LogP contribution in [-0.2, 0) is 38.0 Å². The highest BCUT2D eigenvalue weighted by molar-refractivity contribution is 7.86. The summed E-state index contributed by atoms with van der Waals surface area (Å²) in [6, 6.07) is 15.6. The number of halogens is 2. The maximum atomic E-state index is 14.4. The molecule has 5 saturated heterocycles. The minimum Gasteiger partial charge on any atom is -0.508 e. The van der Waals surface area contributed by atoms with Gasteiger partial charge in [0.05, 0.1) is 55.9 Å². The van der Waals surface area contributed by atoms with Crippen LogP contribution in [0.2, 0.25) is 0 Å². The minimum absolute atomic E-state index is 0.0163. The lowest BCUT2D eigenvalue weighted by Gasteiger charge is -2.37. The monoisotopic (exact) mass is 950 g/mol. The molecule has 0 aromatic heterocycles. The molecule has 20 heteroatoms. The molecule has 66 heavy (non-hydrogen) atoms. The van der Waals surface area contributed by atoms with Gasteiger partial charge >= 0.3 is 12.2 Å². The summed E-state index contributed by atoms with van der Waals surface area (Å²) in [4.78, 5) is 31.3. The van der Waals surface area contributed by atoms with Crippen molar-refractivity contribution in [2.75, 3.05) is 102 Å². The van der Waals surface area contributed by atoms with Gasteiger partial charge in [-0.05, 0) is 84.9 Å². The van der Waals surface area contributed by atoms with Gasteiger partial charge in [-0.3, -0.25) is 4.18 Å².